The van der Waals surface area contributed by atoms with Crippen molar-refractivity contribution in [2.75, 3.05) is 31.1 Å². The van der Waals surface area contributed by atoms with Crippen molar-refractivity contribution in [1.29, 1.82) is 0 Å². The number of hydrogen-bond acceptors (Lipinski definition) is 2. The van der Waals surface area contributed by atoms with Crippen LogP contribution in [-0.4, -0.2) is 37.0 Å². The van der Waals surface area contributed by atoms with E-state index in [0.717, 1.165) is 46.9 Å². The molecule has 1 aliphatic rings. The number of anilines is 1. The third-order valence-electron chi connectivity index (χ3n) is 3.85. The van der Waals surface area contributed by atoms with E-state index in [4.69, 9.17) is 11.6 Å². The lowest BCUT2D eigenvalue weighted by atomic mass is 10.1. The zero-order chi connectivity index (χ0) is 15.5. The standard InChI is InChI=1S/C17H16BrClN2O/c18-14-3-1-13(2-4-14)17(22)21-11-9-20(10-12-21)16-7-5-15(19)6-8-16/h1-8H,9-12H2. The Bertz CT molecular complexity index is 649. The zero-order valence-electron chi connectivity index (χ0n) is 12.0. The molecule has 0 saturated carbocycles. The van der Waals surface area contributed by atoms with Crippen LogP contribution in [0.25, 0.3) is 0 Å². The molecule has 114 valence electrons. The summed E-state index contributed by atoms with van der Waals surface area (Å²) in [5, 5.41) is 0.743. The topological polar surface area (TPSA) is 23.6 Å². The predicted octanol–water partition coefficient (Wildman–Crippen LogP) is 4.06. The first-order chi connectivity index (χ1) is 10.6. The van der Waals surface area contributed by atoms with Crippen molar-refractivity contribution in [2.24, 2.45) is 0 Å². The van der Waals surface area contributed by atoms with Crippen LogP contribution in [0.4, 0.5) is 5.69 Å². The number of benzene rings is 2. The second-order valence-corrected chi connectivity index (χ2v) is 6.61. The molecule has 2 aromatic carbocycles. The van der Waals surface area contributed by atoms with E-state index in [1.165, 1.54) is 0 Å². The Morgan fingerprint density at radius 1 is 0.909 bits per heavy atom. The number of piperazine rings is 1. The van der Waals surface area contributed by atoms with Crippen LogP contribution in [0.3, 0.4) is 0 Å². The Kier molecular flexibility index (Phi) is 4.69. The van der Waals surface area contributed by atoms with Gasteiger partial charge in [-0.3, -0.25) is 4.79 Å². The summed E-state index contributed by atoms with van der Waals surface area (Å²) in [6.07, 6.45) is 0. The van der Waals surface area contributed by atoms with Crippen molar-refractivity contribution < 1.29 is 4.79 Å². The number of carbonyl (C=O) groups is 1. The van der Waals surface area contributed by atoms with Crippen molar-refractivity contribution in [3.8, 4) is 0 Å². The van der Waals surface area contributed by atoms with Crippen LogP contribution in [0.15, 0.2) is 53.0 Å². The summed E-state index contributed by atoms with van der Waals surface area (Å²) in [7, 11) is 0. The molecule has 0 spiro atoms. The Morgan fingerprint density at radius 2 is 1.50 bits per heavy atom. The molecule has 0 aliphatic carbocycles. The molecule has 0 atom stereocenters. The van der Waals surface area contributed by atoms with E-state index in [2.05, 4.69) is 20.8 Å². The fourth-order valence-electron chi connectivity index (χ4n) is 2.59. The minimum atomic E-state index is 0.100. The molecule has 1 heterocycles. The molecule has 3 nitrogen and oxygen atoms in total. The Hall–Kier alpha value is -1.52. The van der Waals surface area contributed by atoms with Crippen LogP contribution in [0, 0.1) is 0 Å². The summed E-state index contributed by atoms with van der Waals surface area (Å²) in [5.41, 5.74) is 1.89. The van der Waals surface area contributed by atoms with E-state index in [-0.39, 0.29) is 5.91 Å². The van der Waals surface area contributed by atoms with Crippen molar-refractivity contribution in [1.82, 2.24) is 4.90 Å². The summed E-state index contributed by atoms with van der Waals surface area (Å²) < 4.78 is 0.983. The highest BCUT2D eigenvalue weighted by Crippen LogP contribution is 2.20. The van der Waals surface area contributed by atoms with Gasteiger partial charge in [0.1, 0.15) is 0 Å². The van der Waals surface area contributed by atoms with Crippen molar-refractivity contribution in [2.45, 2.75) is 0 Å². The lowest BCUT2D eigenvalue weighted by Gasteiger charge is -2.36. The number of amides is 1. The highest BCUT2D eigenvalue weighted by Gasteiger charge is 2.22. The van der Waals surface area contributed by atoms with Crippen LogP contribution < -0.4 is 4.90 Å². The van der Waals surface area contributed by atoms with E-state index in [0.29, 0.717) is 0 Å². The molecule has 2 aromatic rings. The van der Waals surface area contributed by atoms with Gasteiger partial charge in [-0.1, -0.05) is 27.5 Å². The minimum absolute atomic E-state index is 0.100. The second-order valence-electron chi connectivity index (χ2n) is 5.26. The van der Waals surface area contributed by atoms with Crippen LogP contribution >= 0.6 is 27.5 Å². The van der Waals surface area contributed by atoms with Gasteiger partial charge >= 0.3 is 0 Å². The zero-order valence-corrected chi connectivity index (χ0v) is 14.3. The van der Waals surface area contributed by atoms with Crippen LogP contribution in [-0.2, 0) is 0 Å². The fourth-order valence-corrected chi connectivity index (χ4v) is 2.99. The summed E-state index contributed by atoms with van der Waals surface area (Å²) in [6, 6.07) is 15.4. The van der Waals surface area contributed by atoms with Gasteiger partial charge in [0.05, 0.1) is 0 Å². The van der Waals surface area contributed by atoms with Crippen molar-refractivity contribution in [3.05, 3.63) is 63.6 Å². The normalized spacial score (nSPS) is 15.0. The number of carbonyl (C=O) groups excluding carboxylic acids is 1. The molecule has 0 unspecified atom stereocenters. The van der Waals surface area contributed by atoms with Gasteiger partial charge in [0.25, 0.3) is 5.91 Å². The molecule has 3 rings (SSSR count). The summed E-state index contributed by atoms with van der Waals surface area (Å²) in [6.45, 7) is 3.14. The van der Waals surface area contributed by atoms with Gasteiger partial charge in [-0.2, -0.15) is 0 Å². The number of hydrogen-bond donors (Lipinski definition) is 0. The fraction of sp³-hybridized carbons (Fsp3) is 0.235. The second kappa shape index (κ2) is 6.71. The van der Waals surface area contributed by atoms with E-state index in [1.807, 2.05) is 53.4 Å². The van der Waals surface area contributed by atoms with E-state index >= 15 is 0 Å². The molecule has 1 aliphatic heterocycles. The average Bonchev–Trinajstić information content (AvgIpc) is 2.56. The molecule has 1 saturated heterocycles. The number of halogens is 2. The average molecular weight is 380 g/mol. The molecule has 0 radical (unpaired) electrons. The quantitative estimate of drug-likeness (QED) is 0.785. The van der Waals surface area contributed by atoms with Crippen molar-refractivity contribution >= 4 is 39.1 Å². The van der Waals surface area contributed by atoms with E-state index in [1.54, 1.807) is 0 Å². The third kappa shape index (κ3) is 3.45. The molecule has 0 N–H and O–H groups in total. The summed E-state index contributed by atoms with van der Waals surface area (Å²) in [5.74, 6) is 0.100. The smallest absolute Gasteiger partial charge is 0.253 e. The lowest BCUT2D eigenvalue weighted by molar-refractivity contribution is 0.0747. The maximum Gasteiger partial charge on any atom is 0.253 e. The predicted molar refractivity (Wildman–Crippen MR) is 93.7 cm³/mol. The number of rotatable bonds is 2. The maximum absolute atomic E-state index is 12.5. The highest BCUT2D eigenvalue weighted by atomic mass is 79.9. The van der Waals surface area contributed by atoms with Gasteiger partial charge in [0.2, 0.25) is 0 Å². The molecular weight excluding hydrogens is 364 g/mol. The first-order valence-electron chi connectivity index (χ1n) is 7.19. The van der Waals surface area contributed by atoms with Crippen LogP contribution in [0.2, 0.25) is 5.02 Å². The van der Waals surface area contributed by atoms with E-state index < -0.39 is 0 Å². The van der Waals surface area contributed by atoms with E-state index in [9.17, 15) is 4.79 Å². The van der Waals surface area contributed by atoms with Gasteiger partial charge in [-0.25, -0.2) is 0 Å². The van der Waals surface area contributed by atoms with Crippen LogP contribution in [0.1, 0.15) is 10.4 Å². The van der Waals surface area contributed by atoms with Gasteiger partial charge < -0.3 is 9.80 Å². The molecule has 22 heavy (non-hydrogen) atoms. The third-order valence-corrected chi connectivity index (χ3v) is 4.63. The molecule has 0 aromatic heterocycles. The molecular formula is C17H16BrClN2O. The maximum atomic E-state index is 12.5. The summed E-state index contributed by atoms with van der Waals surface area (Å²) >= 11 is 9.31. The van der Waals surface area contributed by atoms with Gasteiger partial charge in [0, 0.05) is 46.9 Å². The van der Waals surface area contributed by atoms with Crippen molar-refractivity contribution in [3.63, 3.8) is 0 Å². The largest absolute Gasteiger partial charge is 0.368 e. The minimum Gasteiger partial charge on any atom is -0.368 e. The molecule has 1 amide bonds. The summed E-state index contributed by atoms with van der Waals surface area (Å²) in [4.78, 5) is 16.7. The van der Waals surface area contributed by atoms with Gasteiger partial charge in [0.15, 0.2) is 0 Å². The highest BCUT2D eigenvalue weighted by molar-refractivity contribution is 9.10. The molecule has 1 fully saturated rings. The number of nitrogens with zero attached hydrogens (tertiary/aromatic N) is 2. The Morgan fingerprint density at radius 3 is 2.09 bits per heavy atom. The first kappa shape index (κ1) is 15.4. The molecule has 0 bridgehead atoms. The van der Waals surface area contributed by atoms with Gasteiger partial charge in [-0.15, -0.1) is 0 Å². The Balaban J connectivity index is 1.62. The lowest BCUT2D eigenvalue weighted by Crippen LogP contribution is -2.48. The monoisotopic (exact) mass is 378 g/mol. The SMILES string of the molecule is O=C(c1ccc(Br)cc1)N1CCN(c2ccc(Cl)cc2)CC1. The van der Waals surface area contributed by atoms with Crippen LogP contribution in [0.5, 0.6) is 0 Å². The molecule has 5 heteroatoms. The first-order valence-corrected chi connectivity index (χ1v) is 8.36. The van der Waals surface area contributed by atoms with Gasteiger partial charge in [-0.05, 0) is 48.5 Å². The Labute approximate surface area is 143 Å².